The van der Waals surface area contributed by atoms with Gasteiger partial charge in [-0.1, -0.05) is 6.58 Å². The zero-order valence-electron chi connectivity index (χ0n) is 10.6. The molecule has 110 valence electrons. The maximum absolute atomic E-state index is 11.8. The Balaban J connectivity index is 2.84. The highest BCUT2D eigenvalue weighted by Gasteiger charge is 2.16. The van der Waals surface area contributed by atoms with E-state index < -0.39 is 28.4 Å². The van der Waals surface area contributed by atoms with Crippen LogP contribution in [-0.4, -0.2) is 31.3 Å². The summed E-state index contributed by atoms with van der Waals surface area (Å²) in [5.74, 6) is -0.707. The van der Waals surface area contributed by atoms with Crippen molar-refractivity contribution in [3.8, 4) is 5.75 Å². The van der Waals surface area contributed by atoms with Gasteiger partial charge in [0.25, 0.3) is 10.1 Å². The number of hydrogen-bond acceptors (Lipinski definition) is 5. The molecular formula is C12H13IO6S. The first-order valence-corrected chi connectivity index (χ1v) is 8.13. The van der Waals surface area contributed by atoms with Crippen molar-refractivity contribution < 1.29 is 27.2 Å². The Morgan fingerprint density at radius 1 is 1.45 bits per heavy atom. The molecule has 0 aliphatic heterocycles. The molecular weight excluding hydrogens is 399 g/mol. The maximum Gasteiger partial charge on any atom is 0.341 e. The first-order chi connectivity index (χ1) is 9.19. The van der Waals surface area contributed by atoms with Crippen LogP contribution in [-0.2, 0) is 14.9 Å². The van der Waals surface area contributed by atoms with Gasteiger partial charge in [0, 0.05) is 3.57 Å². The average molecular weight is 412 g/mol. The van der Waals surface area contributed by atoms with E-state index in [-0.39, 0.29) is 11.3 Å². The van der Waals surface area contributed by atoms with Gasteiger partial charge in [-0.15, -0.1) is 0 Å². The molecule has 0 heterocycles. The Morgan fingerprint density at radius 2 is 2.10 bits per heavy atom. The molecule has 0 saturated heterocycles. The lowest BCUT2D eigenvalue weighted by Crippen LogP contribution is -2.15. The molecule has 0 atom stereocenters. The number of carbonyl (C=O) groups is 1. The molecule has 6 nitrogen and oxygen atoms in total. The molecule has 0 aromatic heterocycles. The van der Waals surface area contributed by atoms with Crippen LogP contribution in [0.1, 0.15) is 17.3 Å². The molecule has 0 radical (unpaired) electrons. The quantitative estimate of drug-likeness (QED) is 0.334. The summed E-state index contributed by atoms with van der Waals surface area (Å²) in [7, 11) is -4.16. The lowest BCUT2D eigenvalue weighted by molar-refractivity contribution is 0.0525. The summed E-state index contributed by atoms with van der Waals surface area (Å²) in [6, 6.07) is 4.83. The van der Waals surface area contributed by atoms with E-state index in [1.807, 2.05) is 0 Å². The third kappa shape index (κ3) is 5.88. The van der Waals surface area contributed by atoms with Crippen LogP contribution in [0.15, 0.2) is 30.5 Å². The second-order valence-corrected chi connectivity index (χ2v) is 6.68. The summed E-state index contributed by atoms with van der Waals surface area (Å²) in [4.78, 5) is 11.8. The monoisotopic (exact) mass is 412 g/mol. The molecule has 0 unspecified atom stereocenters. The highest BCUT2D eigenvalue weighted by Crippen LogP contribution is 2.24. The minimum absolute atomic E-state index is 0.156. The van der Waals surface area contributed by atoms with E-state index in [0.717, 1.165) is 3.57 Å². The van der Waals surface area contributed by atoms with Gasteiger partial charge < -0.3 is 9.47 Å². The predicted molar refractivity (Wildman–Crippen MR) is 81.3 cm³/mol. The molecule has 8 heteroatoms. The largest absolute Gasteiger partial charge is 0.462 e. The molecule has 0 aliphatic rings. The summed E-state index contributed by atoms with van der Waals surface area (Å²) >= 11 is 2.06. The van der Waals surface area contributed by atoms with Crippen LogP contribution >= 0.6 is 22.6 Å². The van der Waals surface area contributed by atoms with Crippen LogP contribution < -0.4 is 4.74 Å². The SMILES string of the molecule is C=C(C)Oc1cc(I)ccc1C(=O)OCCS(=O)(=O)O. The minimum Gasteiger partial charge on any atom is -0.462 e. The molecule has 1 aromatic carbocycles. The smallest absolute Gasteiger partial charge is 0.341 e. The van der Waals surface area contributed by atoms with E-state index in [0.29, 0.717) is 5.76 Å². The standard InChI is InChI=1S/C12H13IO6S/c1-8(2)19-11-7-9(13)3-4-10(11)12(14)18-5-6-20(15,16)17/h3-4,7H,1,5-6H2,2H3,(H,15,16,17). The van der Waals surface area contributed by atoms with E-state index >= 15 is 0 Å². The Bertz CT molecular complexity index is 623. The van der Waals surface area contributed by atoms with Gasteiger partial charge in [0.2, 0.25) is 0 Å². The third-order valence-electron chi connectivity index (χ3n) is 2.02. The summed E-state index contributed by atoms with van der Waals surface area (Å²) in [6.45, 7) is 4.78. The maximum atomic E-state index is 11.8. The molecule has 0 amide bonds. The molecule has 0 saturated carbocycles. The first-order valence-electron chi connectivity index (χ1n) is 5.44. The van der Waals surface area contributed by atoms with Gasteiger partial charge in [0.15, 0.2) is 0 Å². The first kappa shape index (κ1) is 16.9. The lowest BCUT2D eigenvalue weighted by Gasteiger charge is -2.11. The van der Waals surface area contributed by atoms with Crippen molar-refractivity contribution in [2.24, 2.45) is 0 Å². The zero-order valence-corrected chi connectivity index (χ0v) is 13.6. The number of hydrogen-bond donors (Lipinski definition) is 1. The molecule has 1 N–H and O–H groups in total. The van der Waals surface area contributed by atoms with Crippen LogP contribution in [0.5, 0.6) is 5.75 Å². The number of esters is 1. The van der Waals surface area contributed by atoms with Gasteiger partial charge in [0.1, 0.15) is 23.7 Å². The Kier molecular flexibility index (Phi) is 5.96. The highest BCUT2D eigenvalue weighted by molar-refractivity contribution is 14.1. The van der Waals surface area contributed by atoms with Crippen LogP contribution in [0.2, 0.25) is 0 Å². The lowest BCUT2D eigenvalue weighted by atomic mass is 10.2. The van der Waals surface area contributed by atoms with Gasteiger partial charge >= 0.3 is 5.97 Å². The van der Waals surface area contributed by atoms with Gasteiger partial charge in [-0.25, -0.2) is 4.79 Å². The van der Waals surface area contributed by atoms with E-state index in [9.17, 15) is 13.2 Å². The molecule has 1 rings (SSSR count). The van der Waals surface area contributed by atoms with Gasteiger partial charge in [-0.2, -0.15) is 8.42 Å². The molecule has 0 bridgehead atoms. The van der Waals surface area contributed by atoms with E-state index in [1.54, 1.807) is 19.1 Å². The fourth-order valence-corrected chi connectivity index (χ4v) is 2.01. The Morgan fingerprint density at radius 3 is 2.65 bits per heavy atom. The van der Waals surface area contributed by atoms with Crippen LogP contribution in [0.25, 0.3) is 0 Å². The Hall–Kier alpha value is -1.13. The van der Waals surface area contributed by atoms with Crippen molar-refractivity contribution in [1.29, 1.82) is 0 Å². The van der Waals surface area contributed by atoms with Crippen molar-refractivity contribution in [3.63, 3.8) is 0 Å². The highest BCUT2D eigenvalue weighted by atomic mass is 127. The second kappa shape index (κ2) is 7.04. The number of halogens is 1. The third-order valence-corrected chi connectivity index (χ3v) is 3.38. The average Bonchev–Trinajstić information content (AvgIpc) is 2.26. The second-order valence-electron chi connectivity index (χ2n) is 3.87. The summed E-state index contributed by atoms with van der Waals surface area (Å²) < 4.78 is 40.6. The molecule has 20 heavy (non-hydrogen) atoms. The molecule has 0 fully saturated rings. The summed E-state index contributed by atoms with van der Waals surface area (Å²) in [5, 5.41) is 0. The minimum atomic E-state index is -4.16. The van der Waals surface area contributed by atoms with Crippen molar-refractivity contribution in [2.45, 2.75) is 6.92 Å². The van der Waals surface area contributed by atoms with E-state index in [4.69, 9.17) is 14.0 Å². The predicted octanol–water partition coefficient (Wildman–Crippen LogP) is 2.25. The molecule has 0 aliphatic carbocycles. The van der Waals surface area contributed by atoms with Crippen molar-refractivity contribution >= 4 is 38.7 Å². The van der Waals surface area contributed by atoms with E-state index in [2.05, 4.69) is 29.2 Å². The number of carbonyl (C=O) groups excluding carboxylic acids is 1. The van der Waals surface area contributed by atoms with Gasteiger partial charge in [-0.05, 0) is 47.7 Å². The van der Waals surface area contributed by atoms with Gasteiger partial charge in [-0.3, -0.25) is 4.55 Å². The number of rotatable bonds is 6. The molecule has 0 spiro atoms. The zero-order chi connectivity index (χ0) is 15.3. The topological polar surface area (TPSA) is 89.9 Å². The fraction of sp³-hybridized carbons (Fsp3) is 0.250. The van der Waals surface area contributed by atoms with Gasteiger partial charge in [0.05, 0.1) is 5.76 Å². The normalized spacial score (nSPS) is 10.9. The van der Waals surface area contributed by atoms with Crippen molar-refractivity contribution in [3.05, 3.63) is 39.7 Å². The fourth-order valence-electron chi connectivity index (χ4n) is 1.25. The van der Waals surface area contributed by atoms with Crippen LogP contribution in [0.3, 0.4) is 0 Å². The summed E-state index contributed by atoms with van der Waals surface area (Å²) in [6.07, 6.45) is 0. The van der Waals surface area contributed by atoms with Crippen molar-refractivity contribution in [1.82, 2.24) is 0 Å². The Labute approximate surface area is 130 Å². The van der Waals surface area contributed by atoms with Crippen LogP contribution in [0.4, 0.5) is 0 Å². The number of ether oxygens (including phenoxy) is 2. The molecule has 1 aromatic rings. The van der Waals surface area contributed by atoms with Crippen LogP contribution in [0, 0.1) is 3.57 Å². The number of allylic oxidation sites excluding steroid dienone is 1. The van der Waals surface area contributed by atoms with E-state index in [1.165, 1.54) is 6.07 Å². The number of benzene rings is 1. The van der Waals surface area contributed by atoms with Crippen molar-refractivity contribution in [2.75, 3.05) is 12.4 Å². The summed E-state index contributed by atoms with van der Waals surface area (Å²) in [5.41, 5.74) is 0.156.